The van der Waals surface area contributed by atoms with Gasteiger partial charge in [-0.3, -0.25) is 20.2 Å². The van der Waals surface area contributed by atoms with Crippen molar-refractivity contribution < 1.29 is 18.1 Å². The van der Waals surface area contributed by atoms with Crippen molar-refractivity contribution in [2.75, 3.05) is 18.4 Å². The van der Waals surface area contributed by atoms with Gasteiger partial charge in [0.25, 0.3) is 11.6 Å². The second kappa shape index (κ2) is 11.1. The smallest absolute Gasteiger partial charge is 0.270 e. The van der Waals surface area contributed by atoms with Crippen LogP contribution in [-0.4, -0.2) is 41.6 Å². The van der Waals surface area contributed by atoms with Crippen LogP contribution in [0.5, 0.6) is 0 Å². The maximum Gasteiger partial charge on any atom is 0.270 e. The normalized spacial score (nSPS) is 11.9. The third kappa shape index (κ3) is 6.71. The summed E-state index contributed by atoms with van der Waals surface area (Å²) in [5.74, 6) is -0.0762. The van der Waals surface area contributed by atoms with Crippen LogP contribution in [0.4, 0.5) is 10.8 Å². The lowest BCUT2D eigenvalue weighted by atomic mass is 10.1. The zero-order valence-corrected chi connectivity index (χ0v) is 21.6. The first-order chi connectivity index (χ1) is 16.5. The molecule has 3 aromatic rings. The Morgan fingerprint density at radius 2 is 1.71 bits per heavy atom. The molecule has 186 valence electrons. The average Bonchev–Trinajstić information content (AvgIpc) is 3.26. The standard InChI is InChI=1S/C24H28N4O5S2/c1-16(2)13-27(14-17(3)4)35(32,33)21-10-8-18(9-11-21)23(29)26-24-25-22(15-34-24)19-6-5-7-20(12-19)28(30)31/h5-12,15-17H,13-14H2,1-4H3,(H,25,26,29). The predicted octanol–water partition coefficient (Wildman–Crippen LogP) is 5.27. The molecule has 0 atom stereocenters. The molecule has 1 amide bonds. The Bertz CT molecular complexity index is 1290. The van der Waals surface area contributed by atoms with Gasteiger partial charge in [-0.05, 0) is 36.1 Å². The van der Waals surface area contributed by atoms with Gasteiger partial charge in [0.15, 0.2) is 5.13 Å². The molecule has 0 unspecified atom stereocenters. The minimum absolute atomic E-state index is 0.0449. The molecule has 0 radical (unpaired) electrons. The van der Waals surface area contributed by atoms with Gasteiger partial charge in [0.2, 0.25) is 10.0 Å². The van der Waals surface area contributed by atoms with Gasteiger partial charge in [-0.25, -0.2) is 13.4 Å². The van der Waals surface area contributed by atoms with Gasteiger partial charge in [0.05, 0.1) is 15.5 Å². The summed E-state index contributed by atoms with van der Waals surface area (Å²) < 4.78 is 27.8. The molecule has 11 heteroatoms. The van der Waals surface area contributed by atoms with E-state index in [1.165, 1.54) is 52.0 Å². The highest BCUT2D eigenvalue weighted by Gasteiger charge is 2.26. The molecule has 2 aromatic carbocycles. The molecule has 0 bridgehead atoms. The molecule has 1 aromatic heterocycles. The van der Waals surface area contributed by atoms with Gasteiger partial charge in [-0.2, -0.15) is 4.31 Å². The van der Waals surface area contributed by atoms with E-state index in [4.69, 9.17) is 0 Å². The van der Waals surface area contributed by atoms with Gasteiger partial charge in [-0.15, -0.1) is 11.3 Å². The zero-order valence-electron chi connectivity index (χ0n) is 20.0. The molecule has 0 saturated carbocycles. The number of nitro benzene ring substituents is 1. The summed E-state index contributed by atoms with van der Waals surface area (Å²) in [6, 6.07) is 11.9. The van der Waals surface area contributed by atoms with Crippen molar-refractivity contribution >= 4 is 38.1 Å². The lowest BCUT2D eigenvalue weighted by Gasteiger charge is -2.25. The number of nitro groups is 1. The van der Waals surface area contributed by atoms with E-state index in [9.17, 15) is 23.3 Å². The summed E-state index contributed by atoms with van der Waals surface area (Å²) in [4.78, 5) is 27.7. The zero-order chi connectivity index (χ0) is 25.8. The Hall–Kier alpha value is -3.15. The molecule has 3 rings (SSSR count). The molecule has 1 N–H and O–H groups in total. The van der Waals surface area contributed by atoms with Gasteiger partial charge < -0.3 is 0 Å². The Morgan fingerprint density at radius 3 is 2.29 bits per heavy atom. The van der Waals surface area contributed by atoms with E-state index in [1.54, 1.807) is 17.5 Å². The highest BCUT2D eigenvalue weighted by atomic mass is 32.2. The molecule has 0 fully saturated rings. The second-order valence-electron chi connectivity index (χ2n) is 8.93. The maximum atomic E-state index is 13.2. The first-order valence-electron chi connectivity index (χ1n) is 11.1. The fourth-order valence-corrected chi connectivity index (χ4v) is 5.91. The molecule has 0 aliphatic rings. The number of hydrogen-bond donors (Lipinski definition) is 1. The third-order valence-electron chi connectivity index (χ3n) is 4.97. The third-order valence-corrected chi connectivity index (χ3v) is 7.57. The van der Waals surface area contributed by atoms with Crippen molar-refractivity contribution in [2.45, 2.75) is 32.6 Å². The number of rotatable bonds is 10. The second-order valence-corrected chi connectivity index (χ2v) is 11.7. The van der Waals surface area contributed by atoms with E-state index in [1.807, 2.05) is 27.7 Å². The minimum Gasteiger partial charge on any atom is -0.298 e. The lowest BCUT2D eigenvalue weighted by molar-refractivity contribution is -0.384. The number of amides is 1. The summed E-state index contributed by atoms with van der Waals surface area (Å²) in [7, 11) is -3.69. The van der Waals surface area contributed by atoms with Crippen molar-refractivity contribution in [2.24, 2.45) is 11.8 Å². The number of nitrogens with one attached hydrogen (secondary N) is 1. The van der Waals surface area contributed by atoms with E-state index in [0.29, 0.717) is 29.5 Å². The fourth-order valence-electron chi connectivity index (χ4n) is 3.42. The van der Waals surface area contributed by atoms with Crippen LogP contribution in [0.2, 0.25) is 0 Å². The summed E-state index contributed by atoms with van der Waals surface area (Å²) in [5.41, 5.74) is 1.32. The van der Waals surface area contributed by atoms with Crippen LogP contribution in [0, 0.1) is 22.0 Å². The fraction of sp³-hybridized carbons (Fsp3) is 0.333. The van der Waals surface area contributed by atoms with Crippen LogP contribution < -0.4 is 5.32 Å². The lowest BCUT2D eigenvalue weighted by Crippen LogP contribution is -2.37. The molecule has 0 spiro atoms. The molecule has 0 saturated heterocycles. The number of sulfonamides is 1. The van der Waals surface area contributed by atoms with Crippen LogP contribution in [0.15, 0.2) is 58.8 Å². The minimum atomic E-state index is -3.69. The van der Waals surface area contributed by atoms with E-state index < -0.39 is 20.9 Å². The van der Waals surface area contributed by atoms with E-state index in [-0.39, 0.29) is 28.0 Å². The van der Waals surface area contributed by atoms with E-state index in [2.05, 4.69) is 10.3 Å². The Labute approximate surface area is 209 Å². The number of thiazole rings is 1. The Kier molecular flexibility index (Phi) is 8.36. The van der Waals surface area contributed by atoms with Crippen molar-refractivity contribution in [3.8, 4) is 11.3 Å². The van der Waals surface area contributed by atoms with Gasteiger partial charge in [-0.1, -0.05) is 39.8 Å². The summed E-state index contributed by atoms with van der Waals surface area (Å²) in [5, 5.41) is 15.7. The topological polar surface area (TPSA) is 123 Å². The van der Waals surface area contributed by atoms with Crippen LogP contribution in [0.1, 0.15) is 38.1 Å². The number of carbonyl (C=O) groups excluding carboxylic acids is 1. The monoisotopic (exact) mass is 516 g/mol. The predicted molar refractivity (Wildman–Crippen MR) is 137 cm³/mol. The quantitative estimate of drug-likeness (QED) is 0.289. The highest BCUT2D eigenvalue weighted by molar-refractivity contribution is 7.89. The first kappa shape index (κ1) is 26.5. The summed E-state index contributed by atoms with van der Waals surface area (Å²) in [6.45, 7) is 8.72. The molecule has 35 heavy (non-hydrogen) atoms. The molecule has 1 heterocycles. The number of anilines is 1. The average molecular weight is 517 g/mol. The Balaban J connectivity index is 1.74. The van der Waals surface area contributed by atoms with Crippen molar-refractivity contribution in [1.82, 2.24) is 9.29 Å². The highest BCUT2D eigenvalue weighted by Crippen LogP contribution is 2.28. The number of nitrogens with zero attached hydrogens (tertiary/aromatic N) is 3. The first-order valence-corrected chi connectivity index (χ1v) is 13.4. The largest absolute Gasteiger partial charge is 0.298 e. The number of carbonyl (C=O) groups is 1. The van der Waals surface area contributed by atoms with Crippen LogP contribution in [0.3, 0.4) is 0 Å². The number of hydrogen-bond acceptors (Lipinski definition) is 7. The van der Waals surface area contributed by atoms with E-state index >= 15 is 0 Å². The Morgan fingerprint density at radius 1 is 1.09 bits per heavy atom. The van der Waals surface area contributed by atoms with Gasteiger partial charge in [0, 0.05) is 41.7 Å². The molecular weight excluding hydrogens is 488 g/mol. The summed E-state index contributed by atoms with van der Waals surface area (Å²) in [6.07, 6.45) is 0. The molecular formula is C24H28N4O5S2. The van der Waals surface area contributed by atoms with Gasteiger partial charge >= 0.3 is 0 Å². The molecule has 0 aliphatic heterocycles. The van der Waals surface area contributed by atoms with Crippen molar-refractivity contribution in [3.05, 3.63) is 69.6 Å². The van der Waals surface area contributed by atoms with Gasteiger partial charge in [0.1, 0.15) is 0 Å². The number of aromatic nitrogens is 1. The summed E-state index contributed by atoms with van der Waals surface area (Å²) >= 11 is 1.19. The SMILES string of the molecule is CC(C)CN(CC(C)C)S(=O)(=O)c1ccc(C(=O)Nc2nc(-c3cccc([N+](=O)[O-])c3)cs2)cc1. The van der Waals surface area contributed by atoms with Crippen LogP contribution in [-0.2, 0) is 10.0 Å². The number of benzene rings is 2. The molecule has 9 nitrogen and oxygen atoms in total. The van der Waals surface area contributed by atoms with Crippen LogP contribution in [0.25, 0.3) is 11.3 Å². The van der Waals surface area contributed by atoms with Crippen LogP contribution >= 0.6 is 11.3 Å². The number of non-ortho nitro benzene ring substituents is 1. The molecule has 0 aliphatic carbocycles. The maximum absolute atomic E-state index is 13.2. The van der Waals surface area contributed by atoms with Crippen molar-refractivity contribution in [1.29, 1.82) is 0 Å². The van der Waals surface area contributed by atoms with Crippen molar-refractivity contribution in [3.63, 3.8) is 0 Å². The van der Waals surface area contributed by atoms with E-state index in [0.717, 1.165) is 0 Å².